The Labute approximate surface area is 186 Å². The van der Waals surface area contributed by atoms with E-state index in [1.807, 2.05) is 44.2 Å². The van der Waals surface area contributed by atoms with Crippen molar-refractivity contribution in [1.82, 2.24) is 15.1 Å². The number of hydrogen-bond acceptors (Lipinski definition) is 3. The zero-order valence-corrected chi connectivity index (χ0v) is 19.0. The number of amides is 1. The first-order valence-corrected chi connectivity index (χ1v) is 11.1. The first-order chi connectivity index (χ1) is 15.0. The number of likely N-dealkylation sites (N-methyl/N-ethyl adjacent to an activating group) is 1. The molecule has 0 bridgehead atoms. The van der Waals surface area contributed by atoms with Crippen molar-refractivity contribution in [3.8, 4) is 0 Å². The molecule has 1 aliphatic rings. The number of benzene rings is 2. The summed E-state index contributed by atoms with van der Waals surface area (Å²) in [7, 11) is 5.61. The van der Waals surface area contributed by atoms with E-state index in [0.29, 0.717) is 13.1 Å². The number of nitrogens with one attached hydrogen (secondary N) is 2. The zero-order chi connectivity index (χ0) is 22.1. The van der Waals surface area contributed by atoms with E-state index in [4.69, 9.17) is 0 Å². The van der Waals surface area contributed by atoms with Crippen LogP contribution in [0.1, 0.15) is 24.0 Å². The van der Waals surface area contributed by atoms with Crippen LogP contribution in [0.15, 0.2) is 59.6 Å². The molecule has 1 amide bonds. The standard InChI is InChI=1S/C25H35N5O/c1-26-25(30-14-12-21(13-15-30)16-20-8-5-4-6-9-20)27-18-22-10-7-11-23(17-22)28-24(31)19-29(2)3/h4-11,17,21H,12-16,18-19H2,1-3H3,(H,26,27)(H,28,31). The molecule has 0 atom stereocenters. The Bertz CT molecular complexity index is 857. The second-order valence-corrected chi connectivity index (χ2v) is 8.51. The molecule has 2 N–H and O–H groups in total. The van der Waals surface area contributed by atoms with Crippen LogP contribution >= 0.6 is 0 Å². The van der Waals surface area contributed by atoms with Gasteiger partial charge in [0.15, 0.2) is 5.96 Å². The van der Waals surface area contributed by atoms with E-state index in [1.54, 1.807) is 0 Å². The third kappa shape index (κ3) is 7.40. The molecule has 0 aromatic heterocycles. The van der Waals surface area contributed by atoms with E-state index in [9.17, 15) is 4.79 Å². The number of nitrogens with zero attached hydrogens (tertiary/aromatic N) is 3. The van der Waals surface area contributed by atoms with Gasteiger partial charge < -0.3 is 20.4 Å². The largest absolute Gasteiger partial charge is 0.352 e. The van der Waals surface area contributed by atoms with Gasteiger partial charge in [0, 0.05) is 32.4 Å². The van der Waals surface area contributed by atoms with E-state index in [0.717, 1.165) is 42.6 Å². The highest BCUT2D eigenvalue weighted by molar-refractivity contribution is 5.92. The van der Waals surface area contributed by atoms with Crippen LogP contribution in [0.2, 0.25) is 0 Å². The Morgan fingerprint density at radius 2 is 1.77 bits per heavy atom. The van der Waals surface area contributed by atoms with Crippen molar-refractivity contribution in [3.05, 3.63) is 65.7 Å². The Morgan fingerprint density at radius 3 is 2.45 bits per heavy atom. The smallest absolute Gasteiger partial charge is 0.238 e. The first kappa shape index (κ1) is 22.8. The second-order valence-electron chi connectivity index (χ2n) is 8.51. The molecular weight excluding hydrogens is 386 g/mol. The highest BCUT2D eigenvalue weighted by Gasteiger charge is 2.21. The fraction of sp³-hybridized carbons (Fsp3) is 0.440. The Morgan fingerprint density at radius 1 is 1.06 bits per heavy atom. The predicted octanol–water partition coefficient (Wildman–Crippen LogP) is 3.22. The molecule has 1 aliphatic heterocycles. The lowest BCUT2D eigenvalue weighted by atomic mass is 9.90. The third-order valence-electron chi connectivity index (χ3n) is 5.61. The van der Waals surface area contributed by atoms with Crippen molar-refractivity contribution < 1.29 is 4.79 Å². The van der Waals surface area contributed by atoms with Gasteiger partial charge in [0.25, 0.3) is 0 Å². The monoisotopic (exact) mass is 421 g/mol. The molecule has 1 fully saturated rings. The third-order valence-corrected chi connectivity index (χ3v) is 5.61. The van der Waals surface area contributed by atoms with Gasteiger partial charge in [-0.3, -0.25) is 9.79 Å². The average molecular weight is 422 g/mol. The maximum absolute atomic E-state index is 12.0. The summed E-state index contributed by atoms with van der Waals surface area (Å²) < 4.78 is 0. The Balaban J connectivity index is 1.47. The summed E-state index contributed by atoms with van der Waals surface area (Å²) in [5.74, 6) is 1.67. The van der Waals surface area contributed by atoms with Gasteiger partial charge >= 0.3 is 0 Å². The Hall–Kier alpha value is -2.86. The van der Waals surface area contributed by atoms with E-state index in [2.05, 4.69) is 56.9 Å². The average Bonchev–Trinajstić information content (AvgIpc) is 2.75. The number of piperidine rings is 1. The topological polar surface area (TPSA) is 60.0 Å². The van der Waals surface area contributed by atoms with Gasteiger partial charge in [-0.05, 0) is 62.5 Å². The van der Waals surface area contributed by atoms with E-state index in [1.165, 1.54) is 18.4 Å². The molecule has 0 spiro atoms. The van der Waals surface area contributed by atoms with Crippen molar-refractivity contribution in [3.63, 3.8) is 0 Å². The lowest BCUT2D eigenvalue weighted by Gasteiger charge is -2.34. The molecule has 31 heavy (non-hydrogen) atoms. The first-order valence-electron chi connectivity index (χ1n) is 11.1. The van der Waals surface area contributed by atoms with Gasteiger partial charge in [0.05, 0.1) is 6.54 Å². The molecule has 1 saturated heterocycles. The van der Waals surface area contributed by atoms with E-state index < -0.39 is 0 Å². The summed E-state index contributed by atoms with van der Waals surface area (Å²) in [6.45, 7) is 3.10. The number of carbonyl (C=O) groups excluding carboxylic acids is 1. The molecule has 0 radical (unpaired) electrons. The summed E-state index contributed by atoms with van der Waals surface area (Å²) in [6.07, 6.45) is 3.53. The van der Waals surface area contributed by atoms with E-state index in [-0.39, 0.29) is 5.91 Å². The lowest BCUT2D eigenvalue weighted by molar-refractivity contribution is -0.116. The fourth-order valence-electron chi connectivity index (χ4n) is 4.06. The SMILES string of the molecule is CN=C(NCc1cccc(NC(=O)CN(C)C)c1)N1CCC(Cc2ccccc2)CC1. The summed E-state index contributed by atoms with van der Waals surface area (Å²) in [6, 6.07) is 18.7. The minimum absolute atomic E-state index is 0.00991. The number of guanidine groups is 1. The van der Waals surface area contributed by atoms with Gasteiger partial charge in [0.1, 0.15) is 0 Å². The molecule has 3 rings (SSSR count). The summed E-state index contributed by atoms with van der Waals surface area (Å²) in [4.78, 5) is 20.7. The van der Waals surface area contributed by atoms with Crippen molar-refractivity contribution >= 4 is 17.6 Å². The van der Waals surface area contributed by atoms with Gasteiger partial charge in [0.2, 0.25) is 5.91 Å². The molecule has 6 heteroatoms. The number of rotatable bonds is 7. The number of carbonyl (C=O) groups is 1. The number of aliphatic imine (C=N–C) groups is 1. The molecule has 0 unspecified atom stereocenters. The fourth-order valence-corrected chi connectivity index (χ4v) is 4.06. The minimum atomic E-state index is -0.00991. The lowest BCUT2D eigenvalue weighted by Crippen LogP contribution is -2.45. The van der Waals surface area contributed by atoms with Crippen LogP contribution in [0, 0.1) is 5.92 Å². The highest BCUT2D eigenvalue weighted by Crippen LogP contribution is 2.21. The van der Waals surface area contributed by atoms with Crippen LogP contribution in [0.25, 0.3) is 0 Å². The minimum Gasteiger partial charge on any atom is -0.352 e. The van der Waals surface area contributed by atoms with Crippen LogP contribution in [-0.2, 0) is 17.8 Å². The van der Waals surface area contributed by atoms with Crippen LogP contribution < -0.4 is 10.6 Å². The van der Waals surface area contributed by atoms with Crippen molar-refractivity contribution in [1.29, 1.82) is 0 Å². The van der Waals surface area contributed by atoms with Crippen LogP contribution in [0.4, 0.5) is 5.69 Å². The Kier molecular flexibility index (Phi) is 8.47. The second kappa shape index (κ2) is 11.5. The van der Waals surface area contributed by atoms with E-state index >= 15 is 0 Å². The number of hydrogen-bond donors (Lipinski definition) is 2. The predicted molar refractivity (Wildman–Crippen MR) is 128 cm³/mol. The quantitative estimate of drug-likeness (QED) is 0.532. The molecular formula is C25H35N5O. The molecule has 6 nitrogen and oxygen atoms in total. The summed E-state index contributed by atoms with van der Waals surface area (Å²) in [5, 5.41) is 6.44. The number of anilines is 1. The molecule has 2 aromatic rings. The zero-order valence-electron chi connectivity index (χ0n) is 19.0. The van der Waals surface area contributed by atoms with Crippen LogP contribution in [0.3, 0.4) is 0 Å². The van der Waals surface area contributed by atoms with Crippen molar-refractivity contribution in [2.45, 2.75) is 25.8 Å². The van der Waals surface area contributed by atoms with Gasteiger partial charge in [-0.1, -0.05) is 42.5 Å². The van der Waals surface area contributed by atoms with Crippen LogP contribution in [0.5, 0.6) is 0 Å². The van der Waals surface area contributed by atoms with Crippen LogP contribution in [-0.4, -0.2) is 62.4 Å². The maximum Gasteiger partial charge on any atom is 0.238 e. The molecule has 166 valence electrons. The van der Waals surface area contributed by atoms with Gasteiger partial charge in [-0.25, -0.2) is 0 Å². The molecule has 2 aromatic carbocycles. The maximum atomic E-state index is 12.0. The summed E-state index contributed by atoms with van der Waals surface area (Å²) in [5.41, 5.74) is 3.37. The molecule has 0 saturated carbocycles. The van der Waals surface area contributed by atoms with Gasteiger partial charge in [-0.15, -0.1) is 0 Å². The molecule has 0 aliphatic carbocycles. The van der Waals surface area contributed by atoms with Crippen molar-refractivity contribution in [2.75, 3.05) is 46.1 Å². The van der Waals surface area contributed by atoms with Gasteiger partial charge in [-0.2, -0.15) is 0 Å². The normalized spacial score (nSPS) is 15.2. The summed E-state index contributed by atoms with van der Waals surface area (Å²) >= 11 is 0. The highest BCUT2D eigenvalue weighted by atomic mass is 16.2. The number of likely N-dealkylation sites (tertiary alicyclic amines) is 1. The molecule has 1 heterocycles. The van der Waals surface area contributed by atoms with Crippen molar-refractivity contribution in [2.24, 2.45) is 10.9 Å².